The summed E-state index contributed by atoms with van der Waals surface area (Å²) in [5.41, 5.74) is 0. The maximum atomic E-state index is 11.8. The van der Waals surface area contributed by atoms with Crippen molar-refractivity contribution in [3.05, 3.63) is 0 Å². The minimum atomic E-state index is -0.653. The summed E-state index contributed by atoms with van der Waals surface area (Å²) >= 11 is 0. The molecular formula is C12H16O5. The van der Waals surface area contributed by atoms with Crippen LogP contribution in [0.2, 0.25) is 0 Å². The Morgan fingerprint density at radius 2 is 2.18 bits per heavy atom. The molecule has 94 valence electrons. The van der Waals surface area contributed by atoms with Gasteiger partial charge < -0.3 is 9.47 Å². The average Bonchev–Trinajstić information content (AvgIpc) is 2.52. The van der Waals surface area contributed by atoms with E-state index in [0.29, 0.717) is 12.8 Å². The normalized spacial score (nSPS) is 32.6. The summed E-state index contributed by atoms with van der Waals surface area (Å²) in [5, 5.41) is 0. The Kier molecular flexibility index (Phi) is 3.45. The summed E-state index contributed by atoms with van der Waals surface area (Å²) in [6, 6.07) is 0. The van der Waals surface area contributed by atoms with Crippen LogP contribution in [0.1, 0.15) is 32.6 Å². The summed E-state index contributed by atoms with van der Waals surface area (Å²) in [6.07, 6.45) is 1.35. The van der Waals surface area contributed by atoms with E-state index in [-0.39, 0.29) is 18.8 Å². The zero-order valence-corrected chi connectivity index (χ0v) is 9.81. The Morgan fingerprint density at radius 3 is 2.88 bits per heavy atom. The molecule has 0 aromatic carbocycles. The number of ether oxygens (including phenoxy) is 2. The van der Waals surface area contributed by atoms with E-state index in [1.165, 1.54) is 0 Å². The molecule has 2 aliphatic heterocycles. The minimum absolute atomic E-state index is 0.0694. The molecule has 17 heavy (non-hydrogen) atoms. The highest BCUT2D eigenvalue weighted by Gasteiger charge is 2.45. The largest absolute Gasteiger partial charge is 0.466 e. The fourth-order valence-electron chi connectivity index (χ4n) is 2.51. The van der Waals surface area contributed by atoms with Crippen molar-refractivity contribution in [1.29, 1.82) is 0 Å². The molecule has 2 saturated heterocycles. The van der Waals surface area contributed by atoms with Gasteiger partial charge in [0.25, 0.3) is 0 Å². The summed E-state index contributed by atoms with van der Waals surface area (Å²) < 4.78 is 10.0. The second-order valence-corrected chi connectivity index (χ2v) is 4.49. The summed E-state index contributed by atoms with van der Waals surface area (Å²) in [7, 11) is 0. The Balaban J connectivity index is 2.23. The molecule has 0 aromatic rings. The number of ketones is 1. The molecule has 3 unspecified atom stereocenters. The topological polar surface area (TPSA) is 69.7 Å². The molecule has 0 radical (unpaired) electrons. The van der Waals surface area contributed by atoms with Crippen molar-refractivity contribution in [2.75, 3.05) is 6.61 Å². The number of carbonyl (C=O) groups excluding carboxylic acids is 3. The van der Waals surface area contributed by atoms with E-state index in [1.54, 1.807) is 6.92 Å². The van der Waals surface area contributed by atoms with Gasteiger partial charge in [-0.25, -0.2) is 0 Å². The van der Waals surface area contributed by atoms with Gasteiger partial charge in [-0.2, -0.15) is 0 Å². The zero-order chi connectivity index (χ0) is 12.4. The Bertz CT molecular complexity index is 349. The highest BCUT2D eigenvalue weighted by molar-refractivity contribution is 5.94. The first kappa shape index (κ1) is 12.1. The Labute approximate surface area is 99.5 Å². The van der Waals surface area contributed by atoms with Gasteiger partial charge in [0.1, 0.15) is 0 Å². The molecule has 0 amide bonds. The van der Waals surface area contributed by atoms with E-state index >= 15 is 0 Å². The smallest absolute Gasteiger partial charge is 0.310 e. The predicted octanol–water partition coefficient (Wildman–Crippen LogP) is 0.850. The molecule has 0 N–H and O–H groups in total. The van der Waals surface area contributed by atoms with Gasteiger partial charge in [0.05, 0.1) is 18.4 Å². The van der Waals surface area contributed by atoms with Crippen LogP contribution in [-0.2, 0) is 23.9 Å². The van der Waals surface area contributed by atoms with Gasteiger partial charge in [0, 0.05) is 6.42 Å². The van der Waals surface area contributed by atoms with Crippen molar-refractivity contribution in [3.8, 4) is 0 Å². The van der Waals surface area contributed by atoms with Crippen LogP contribution in [0.5, 0.6) is 0 Å². The van der Waals surface area contributed by atoms with Crippen LogP contribution in [0, 0.1) is 11.8 Å². The molecule has 5 nitrogen and oxygen atoms in total. The van der Waals surface area contributed by atoms with Gasteiger partial charge in [-0.3, -0.25) is 14.4 Å². The fraction of sp³-hybridized carbons (Fsp3) is 0.750. The first-order valence-corrected chi connectivity index (χ1v) is 6.03. The molecule has 3 atom stereocenters. The lowest BCUT2D eigenvalue weighted by Gasteiger charge is -2.20. The van der Waals surface area contributed by atoms with E-state index in [2.05, 4.69) is 0 Å². The number of fused-ring (bicyclic) bond motifs is 3. The molecular weight excluding hydrogens is 224 g/mol. The van der Waals surface area contributed by atoms with E-state index in [0.717, 1.165) is 6.42 Å². The van der Waals surface area contributed by atoms with Crippen LogP contribution in [0.4, 0.5) is 0 Å². The first-order valence-electron chi connectivity index (χ1n) is 6.03. The molecule has 0 aromatic heterocycles. The van der Waals surface area contributed by atoms with Gasteiger partial charge >= 0.3 is 11.9 Å². The van der Waals surface area contributed by atoms with E-state index < -0.39 is 29.9 Å². The van der Waals surface area contributed by atoms with E-state index in [1.807, 2.05) is 0 Å². The van der Waals surface area contributed by atoms with Crippen molar-refractivity contribution in [1.82, 2.24) is 0 Å². The van der Waals surface area contributed by atoms with Crippen molar-refractivity contribution < 1.29 is 23.9 Å². The van der Waals surface area contributed by atoms with Crippen LogP contribution in [0.15, 0.2) is 0 Å². The molecule has 2 heterocycles. The van der Waals surface area contributed by atoms with Gasteiger partial charge in [-0.1, -0.05) is 0 Å². The number of rotatable bonds is 2. The predicted molar refractivity (Wildman–Crippen MR) is 57.0 cm³/mol. The lowest BCUT2D eigenvalue weighted by atomic mass is 9.82. The molecule has 5 heteroatoms. The first-order chi connectivity index (χ1) is 8.13. The number of Topliss-reactive ketones (excluding diaryl/α,β-unsaturated/α-hetero) is 1. The monoisotopic (exact) mass is 240 g/mol. The van der Waals surface area contributed by atoms with E-state index in [4.69, 9.17) is 9.47 Å². The summed E-state index contributed by atoms with van der Waals surface area (Å²) in [4.78, 5) is 35.3. The third-order valence-corrected chi connectivity index (χ3v) is 3.40. The third-order valence-electron chi connectivity index (χ3n) is 3.40. The molecule has 2 rings (SSSR count). The molecule has 2 fully saturated rings. The van der Waals surface area contributed by atoms with Crippen molar-refractivity contribution in [2.24, 2.45) is 11.8 Å². The fourth-order valence-corrected chi connectivity index (χ4v) is 2.51. The molecule has 2 aliphatic rings. The number of hydrogen-bond donors (Lipinski definition) is 0. The van der Waals surface area contributed by atoms with Crippen LogP contribution in [0.3, 0.4) is 0 Å². The highest BCUT2D eigenvalue weighted by Crippen LogP contribution is 2.34. The highest BCUT2D eigenvalue weighted by atomic mass is 16.6. The van der Waals surface area contributed by atoms with Crippen LogP contribution >= 0.6 is 0 Å². The van der Waals surface area contributed by atoms with Crippen molar-refractivity contribution in [3.63, 3.8) is 0 Å². The van der Waals surface area contributed by atoms with Gasteiger partial charge in [0.15, 0.2) is 11.9 Å². The number of hydrogen-bond acceptors (Lipinski definition) is 5. The summed E-state index contributed by atoms with van der Waals surface area (Å²) in [5.74, 6) is -2.19. The second kappa shape index (κ2) is 4.85. The lowest BCUT2D eigenvalue weighted by molar-refractivity contribution is -0.159. The van der Waals surface area contributed by atoms with Crippen LogP contribution in [-0.4, -0.2) is 30.4 Å². The standard InChI is InChI=1S/C12H16O5/c1-2-16-11(14)8-6-9(13)10-5-3-4-7(8)12(15)17-10/h7-8,10H,2-6H2,1H3. The molecule has 0 aliphatic carbocycles. The van der Waals surface area contributed by atoms with Gasteiger partial charge in [-0.15, -0.1) is 0 Å². The SMILES string of the molecule is CCOC(=O)C1CC(=O)C2CCCC1C(=O)O2. The maximum absolute atomic E-state index is 11.8. The zero-order valence-electron chi connectivity index (χ0n) is 9.81. The molecule has 2 bridgehead atoms. The lowest BCUT2D eigenvalue weighted by Crippen LogP contribution is -2.31. The van der Waals surface area contributed by atoms with E-state index in [9.17, 15) is 14.4 Å². The van der Waals surface area contributed by atoms with Crippen molar-refractivity contribution >= 4 is 17.7 Å². The minimum Gasteiger partial charge on any atom is -0.466 e. The summed E-state index contributed by atoms with van der Waals surface area (Å²) in [6.45, 7) is 1.97. The number of carbonyl (C=O) groups is 3. The average molecular weight is 240 g/mol. The van der Waals surface area contributed by atoms with Crippen molar-refractivity contribution in [2.45, 2.75) is 38.7 Å². The number of esters is 2. The Morgan fingerprint density at radius 1 is 1.41 bits per heavy atom. The van der Waals surface area contributed by atoms with Crippen LogP contribution in [0.25, 0.3) is 0 Å². The molecule has 0 saturated carbocycles. The molecule has 0 spiro atoms. The second-order valence-electron chi connectivity index (χ2n) is 4.49. The third kappa shape index (κ3) is 2.33. The van der Waals surface area contributed by atoms with Crippen LogP contribution < -0.4 is 0 Å². The quantitative estimate of drug-likeness (QED) is 0.669. The van der Waals surface area contributed by atoms with Gasteiger partial charge in [0.2, 0.25) is 0 Å². The van der Waals surface area contributed by atoms with Gasteiger partial charge in [-0.05, 0) is 26.2 Å². The Hall–Kier alpha value is -1.39. The maximum Gasteiger partial charge on any atom is 0.310 e.